The number of carbonyl (C=O) groups is 1. The summed E-state index contributed by atoms with van der Waals surface area (Å²) < 4.78 is 6.04. The molecule has 3 N–H and O–H groups in total. The second-order valence-corrected chi connectivity index (χ2v) is 12.1. The number of hydrogen-bond acceptors (Lipinski definition) is 5. The van der Waals surface area contributed by atoms with Crippen LogP contribution in [0.4, 0.5) is 0 Å². The molecule has 202 valence electrons. The Kier molecular flexibility index (Phi) is 12.6. The molecular formula is C30H52O5. The van der Waals surface area contributed by atoms with Crippen LogP contribution in [0.15, 0.2) is 34.9 Å². The molecule has 1 unspecified atom stereocenters. The van der Waals surface area contributed by atoms with E-state index in [1.54, 1.807) is 33.8 Å². The second-order valence-electron chi connectivity index (χ2n) is 12.1. The van der Waals surface area contributed by atoms with Crippen molar-refractivity contribution in [1.29, 1.82) is 0 Å². The first kappa shape index (κ1) is 31.8. The highest BCUT2D eigenvalue weighted by atomic mass is 16.5. The molecule has 1 saturated heterocycles. The largest absolute Gasteiger partial charge is 0.390 e. The van der Waals surface area contributed by atoms with Crippen LogP contribution in [0.3, 0.4) is 0 Å². The number of aliphatic hydroxyl groups excluding tert-OH is 1. The van der Waals surface area contributed by atoms with Crippen LogP contribution < -0.4 is 0 Å². The average molecular weight is 493 g/mol. The van der Waals surface area contributed by atoms with Crippen molar-refractivity contribution in [3.63, 3.8) is 0 Å². The topological polar surface area (TPSA) is 87.0 Å². The van der Waals surface area contributed by atoms with Gasteiger partial charge in [0.1, 0.15) is 0 Å². The van der Waals surface area contributed by atoms with Crippen molar-refractivity contribution >= 4 is 5.78 Å². The van der Waals surface area contributed by atoms with E-state index < -0.39 is 22.9 Å². The van der Waals surface area contributed by atoms with E-state index in [2.05, 4.69) is 26.0 Å². The predicted octanol–water partition coefficient (Wildman–Crippen LogP) is 6.36. The highest BCUT2D eigenvalue weighted by Gasteiger charge is 2.43. The molecule has 0 spiro atoms. The molecule has 0 aromatic heterocycles. The maximum Gasteiger partial charge on any atom is 0.158 e. The van der Waals surface area contributed by atoms with E-state index in [4.69, 9.17) is 4.74 Å². The van der Waals surface area contributed by atoms with Crippen LogP contribution in [0.1, 0.15) is 120 Å². The Morgan fingerprint density at radius 2 is 1.60 bits per heavy atom. The van der Waals surface area contributed by atoms with Gasteiger partial charge >= 0.3 is 0 Å². The van der Waals surface area contributed by atoms with Crippen LogP contribution in [-0.4, -0.2) is 50.1 Å². The van der Waals surface area contributed by atoms with Crippen LogP contribution in [0.25, 0.3) is 0 Å². The molecule has 5 nitrogen and oxygen atoms in total. The molecule has 1 aliphatic rings. The number of ether oxygens (including phenoxy) is 1. The summed E-state index contributed by atoms with van der Waals surface area (Å²) in [6.07, 6.45) is 13.6. The average Bonchev–Trinajstić information content (AvgIpc) is 3.10. The predicted molar refractivity (Wildman–Crippen MR) is 144 cm³/mol. The zero-order chi connectivity index (χ0) is 26.9. The summed E-state index contributed by atoms with van der Waals surface area (Å²) >= 11 is 0. The molecule has 0 aromatic rings. The zero-order valence-electron chi connectivity index (χ0n) is 23.6. The van der Waals surface area contributed by atoms with Crippen molar-refractivity contribution in [3.8, 4) is 0 Å². The maximum absolute atomic E-state index is 12.6. The van der Waals surface area contributed by atoms with Gasteiger partial charge in [-0.05, 0) is 119 Å². The first-order chi connectivity index (χ1) is 16.0. The Hall–Kier alpha value is -1.27. The monoisotopic (exact) mass is 492 g/mol. The SMILES string of the molecule is CC(=CCCC/C(C)=C/C(=O)C[C@@]1(C)CC[C@@H](C(C)(C)O)O1)CC/C=C(\C)CCC(O)C(C)(C)O. The first-order valence-corrected chi connectivity index (χ1v) is 13.3. The summed E-state index contributed by atoms with van der Waals surface area (Å²) in [6.45, 7) is 15.0. The lowest BCUT2D eigenvalue weighted by Gasteiger charge is -2.29. The molecule has 1 rings (SSSR count). The fourth-order valence-electron chi connectivity index (χ4n) is 4.49. The van der Waals surface area contributed by atoms with Crippen molar-refractivity contribution < 1.29 is 24.9 Å². The fraction of sp³-hybridized carbons (Fsp3) is 0.767. The molecule has 0 aromatic carbocycles. The minimum Gasteiger partial charge on any atom is -0.390 e. The molecule has 0 amide bonds. The molecule has 1 heterocycles. The Morgan fingerprint density at radius 1 is 1.00 bits per heavy atom. The lowest BCUT2D eigenvalue weighted by molar-refractivity contribution is -0.133. The minimum atomic E-state index is -1.05. The van der Waals surface area contributed by atoms with E-state index in [0.29, 0.717) is 12.8 Å². The standard InChI is InChI=1S/C30H52O5/c1-22(14-11-15-23(2)16-17-26(32)28(4,5)33)12-9-10-13-24(3)20-25(31)21-30(8)19-18-27(35-30)29(6,7)34/h12,15,20,26-27,32-34H,9-11,13-14,16-19,21H2,1-8H3/b22-12?,23-15+,24-20+/t26?,27-,30+/m0/s1. The third-order valence-corrected chi connectivity index (χ3v) is 7.03. The third-order valence-electron chi connectivity index (χ3n) is 7.03. The lowest BCUT2D eigenvalue weighted by Crippen LogP contribution is -2.38. The smallest absolute Gasteiger partial charge is 0.158 e. The normalized spacial score (nSPS) is 23.6. The Bertz CT molecular complexity index is 763. The van der Waals surface area contributed by atoms with Gasteiger partial charge in [-0.3, -0.25) is 4.79 Å². The van der Waals surface area contributed by atoms with Crippen LogP contribution in [0.2, 0.25) is 0 Å². The molecular weight excluding hydrogens is 440 g/mol. The van der Waals surface area contributed by atoms with E-state index in [0.717, 1.165) is 56.9 Å². The van der Waals surface area contributed by atoms with Gasteiger partial charge in [0, 0.05) is 6.42 Å². The third kappa shape index (κ3) is 13.0. The number of ketones is 1. The molecule has 35 heavy (non-hydrogen) atoms. The van der Waals surface area contributed by atoms with E-state index in [1.807, 2.05) is 13.8 Å². The highest BCUT2D eigenvalue weighted by Crippen LogP contribution is 2.37. The van der Waals surface area contributed by atoms with Crippen molar-refractivity contribution in [1.82, 2.24) is 0 Å². The highest BCUT2D eigenvalue weighted by molar-refractivity contribution is 5.91. The Balaban J connectivity index is 2.32. The summed E-state index contributed by atoms with van der Waals surface area (Å²) in [5.74, 6) is 0.102. The minimum absolute atomic E-state index is 0.102. The van der Waals surface area contributed by atoms with E-state index >= 15 is 0 Å². The molecule has 0 radical (unpaired) electrons. The van der Waals surface area contributed by atoms with E-state index in [-0.39, 0.29) is 11.9 Å². The second kappa shape index (κ2) is 13.9. The number of hydrogen-bond donors (Lipinski definition) is 3. The number of aliphatic hydroxyl groups is 3. The van der Waals surface area contributed by atoms with Crippen LogP contribution >= 0.6 is 0 Å². The zero-order valence-corrected chi connectivity index (χ0v) is 23.6. The van der Waals surface area contributed by atoms with Gasteiger partial charge in [-0.2, -0.15) is 0 Å². The maximum atomic E-state index is 12.6. The van der Waals surface area contributed by atoms with E-state index in [1.165, 1.54) is 11.1 Å². The van der Waals surface area contributed by atoms with Gasteiger partial charge in [0.15, 0.2) is 5.78 Å². The molecule has 3 atom stereocenters. The van der Waals surface area contributed by atoms with Gasteiger partial charge < -0.3 is 20.1 Å². The van der Waals surface area contributed by atoms with Crippen LogP contribution in [0.5, 0.6) is 0 Å². The number of rotatable bonds is 15. The summed E-state index contributed by atoms with van der Waals surface area (Å²) in [7, 11) is 0. The van der Waals surface area contributed by atoms with Crippen molar-refractivity contribution in [3.05, 3.63) is 34.9 Å². The summed E-state index contributed by atoms with van der Waals surface area (Å²) in [4.78, 5) is 12.6. The number of allylic oxidation sites excluding steroid dienone is 6. The van der Waals surface area contributed by atoms with Crippen LogP contribution in [-0.2, 0) is 9.53 Å². The van der Waals surface area contributed by atoms with Gasteiger partial charge in [0.05, 0.1) is 29.0 Å². The van der Waals surface area contributed by atoms with E-state index in [9.17, 15) is 20.1 Å². The first-order valence-electron chi connectivity index (χ1n) is 13.3. The quantitative estimate of drug-likeness (QED) is 0.141. The number of unbranched alkanes of at least 4 members (excludes halogenated alkanes) is 1. The van der Waals surface area contributed by atoms with Gasteiger partial charge in [-0.1, -0.05) is 28.9 Å². The van der Waals surface area contributed by atoms with Crippen molar-refractivity contribution in [2.24, 2.45) is 0 Å². The molecule has 0 saturated carbocycles. The van der Waals surface area contributed by atoms with Gasteiger partial charge in [0.25, 0.3) is 0 Å². The number of carbonyl (C=O) groups excluding carboxylic acids is 1. The van der Waals surface area contributed by atoms with Crippen molar-refractivity contribution in [2.45, 2.75) is 149 Å². The lowest BCUT2D eigenvalue weighted by atomic mass is 9.93. The molecule has 1 fully saturated rings. The fourth-order valence-corrected chi connectivity index (χ4v) is 4.49. The summed E-state index contributed by atoms with van der Waals surface area (Å²) in [6, 6.07) is 0. The van der Waals surface area contributed by atoms with Crippen molar-refractivity contribution in [2.75, 3.05) is 0 Å². The van der Waals surface area contributed by atoms with Gasteiger partial charge in [-0.25, -0.2) is 0 Å². The van der Waals surface area contributed by atoms with Gasteiger partial charge in [0.2, 0.25) is 0 Å². The van der Waals surface area contributed by atoms with Crippen LogP contribution in [0, 0.1) is 0 Å². The Labute approximate surface area is 214 Å². The molecule has 0 bridgehead atoms. The molecule has 0 aliphatic carbocycles. The molecule has 5 heteroatoms. The Morgan fingerprint density at radius 3 is 2.17 bits per heavy atom. The molecule has 1 aliphatic heterocycles. The summed E-state index contributed by atoms with van der Waals surface area (Å²) in [5.41, 5.74) is 1.31. The summed E-state index contributed by atoms with van der Waals surface area (Å²) in [5, 5.41) is 29.9. The van der Waals surface area contributed by atoms with Gasteiger partial charge in [-0.15, -0.1) is 0 Å².